The average Bonchev–Trinajstić information content (AvgIpc) is 3.42. The van der Waals surface area contributed by atoms with E-state index in [0.717, 1.165) is 28.6 Å². The van der Waals surface area contributed by atoms with Gasteiger partial charge in [0.1, 0.15) is 23.1 Å². The summed E-state index contributed by atoms with van der Waals surface area (Å²) in [5.41, 5.74) is 1.96. The fourth-order valence-electron chi connectivity index (χ4n) is 7.93. The summed E-state index contributed by atoms with van der Waals surface area (Å²) in [7, 11) is -5.92. The maximum absolute atomic E-state index is 14.7. The molecule has 0 bridgehead atoms. The highest BCUT2D eigenvalue weighted by atomic mass is 32.2. The number of aliphatic hydroxyl groups is 1. The predicted molar refractivity (Wildman–Crippen MR) is 211 cm³/mol. The molecule has 9 nitrogen and oxygen atoms in total. The predicted octanol–water partition coefficient (Wildman–Crippen LogP) is 7.71. The van der Waals surface area contributed by atoms with Crippen molar-refractivity contribution in [1.82, 2.24) is 8.54 Å². The highest BCUT2D eigenvalue weighted by molar-refractivity contribution is 7.99. The van der Waals surface area contributed by atoms with E-state index in [4.69, 9.17) is 17.7 Å². The smallest absolute Gasteiger partial charge is 0.343 e. The number of fused-ring (bicyclic) bond motifs is 1. The molecule has 4 aromatic rings. The van der Waals surface area contributed by atoms with Crippen LogP contribution in [-0.4, -0.2) is 55.7 Å². The highest BCUT2D eigenvalue weighted by Crippen LogP contribution is 2.50. The molecule has 0 unspecified atom stereocenters. The second-order valence-electron chi connectivity index (χ2n) is 15.1. The first-order chi connectivity index (χ1) is 24.8. The van der Waals surface area contributed by atoms with Gasteiger partial charge in [-0.15, -0.1) is 0 Å². The van der Waals surface area contributed by atoms with Gasteiger partial charge in [-0.3, -0.25) is 9.36 Å². The number of benzene rings is 3. The quantitative estimate of drug-likeness (QED) is 0.130. The number of aromatic nitrogens is 2. The van der Waals surface area contributed by atoms with Gasteiger partial charge in [-0.25, -0.2) is 4.79 Å². The SMILES string of the molecule is CC(C)[Si]1(C(C)C)OC[C@H]2O[C@@H](n3ccc(=O)n(SC(c4ccccc4)(c4ccccc4)c4ccccc4)c3=O)[C@H](O)[C@@H]2O[Si](C(C)C)(C(C)C)O1. The largest absolute Gasteiger partial charge is 0.414 e. The Morgan fingerprint density at radius 1 is 0.712 bits per heavy atom. The van der Waals surface area contributed by atoms with Gasteiger partial charge in [0.05, 0.1) is 6.61 Å². The van der Waals surface area contributed by atoms with Crippen LogP contribution in [0.5, 0.6) is 0 Å². The third kappa shape index (κ3) is 6.66. The number of hydrogen-bond donors (Lipinski definition) is 1. The maximum Gasteiger partial charge on any atom is 0.343 e. The van der Waals surface area contributed by atoms with Crippen molar-refractivity contribution >= 4 is 29.1 Å². The van der Waals surface area contributed by atoms with Crippen LogP contribution in [0.15, 0.2) is 113 Å². The molecular formula is C40H52N2O7SSi2. The minimum absolute atomic E-state index is 0.0496. The monoisotopic (exact) mass is 760 g/mol. The number of aliphatic hydroxyl groups excluding tert-OH is 1. The number of nitrogens with zero attached hydrogens (tertiary/aromatic N) is 2. The van der Waals surface area contributed by atoms with E-state index in [1.54, 1.807) is 0 Å². The third-order valence-electron chi connectivity index (χ3n) is 10.7. The molecule has 278 valence electrons. The summed E-state index contributed by atoms with van der Waals surface area (Å²) < 4.78 is 29.4. The van der Waals surface area contributed by atoms with Crippen LogP contribution in [-0.2, 0) is 22.5 Å². The minimum atomic E-state index is -3.07. The topological polar surface area (TPSA) is 101 Å². The summed E-state index contributed by atoms with van der Waals surface area (Å²) in [6.45, 7) is 17.3. The molecule has 2 fully saturated rings. The molecule has 52 heavy (non-hydrogen) atoms. The molecule has 2 aliphatic rings. The lowest BCUT2D eigenvalue weighted by atomic mass is 9.84. The Kier molecular flexibility index (Phi) is 11.4. The Labute approximate surface area is 313 Å². The lowest BCUT2D eigenvalue weighted by molar-refractivity contribution is -0.0602. The standard InChI is InChI=1S/C40H52N2O7SSi2/c1-27(2)51(28(3)4)46-26-34-37(48-52(49-51,29(5)6)30(7)8)36(44)38(47-34)41-25-24-35(43)42(39(41)45)50-40(31-18-12-9-13-19-31,32-20-14-10-15-21-32)33-22-16-11-17-23-33/h9-25,27-30,34,36-38,44H,26H2,1-8H3/t34-,36-,37-,38-/m1/s1. The molecule has 3 aromatic carbocycles. The molecule has 0 radical (unpaired) electrons. The molecule has 3 heterocycles. The van der Waals surface area contributed by atoms with E-state index in [2.05, 4.69) is 55.4 Å². The van der Waals surface area contributed by atoms with Crippen LogP contribution in [0, 0.1) is 0 Å². The molecule has 2 aliphatic heterocycles. The normalized spacial score (nSPS) is 23.2. The summed E-state index contributed by atoms with van der Waals surface area (Å²) >= 11 is 1.14. The van der Waals surface area contributed by atoms with Crippen LogP contribution < -0.4 is 11.2 Å². The fraction of sp³-hybridized carbons (Fsp3) is 0.450. The van der Waals surface area contributed by atoms with Crippen LogP contribution in [0.1, 0.15) is 78.3 Å². The van der Waals surface area contributed by atoms with Crippen molar-refractivity contribution in [1.29, 1.82) is 0 Å². The molecule has 4 atom stereocenters. The number of ether oxygens (including phenoxy) is 1. The molecule has 0 saturated carbocycles. The first-order valence-electron chi connectivity index (χ1n) is 18.3. The minimum Gasteiger partial charge on any atom is -0.414 e. The van der Waals surface area contributed by atoms with Gasteiger partial charge in [-0.1, -0.05) is 146 Å². The van der Waals surface area contributed by atoms with Crippen LogP contribution >= 0.6 is 11.9 Å². The highest BCUT2D eigenvalue weighted by Gasteiger charge is 2.62. The number of rotatable bonds is 10. The van der Waals surface area contributed by atoms with E-state index in [1.165, 1.54) is 20.8 Å². The summed E-state index contributed by atoms with van der Waals surface area (Å²) in [4.78, 5) is 28.5. The van der Waals surface area contributed by atoms with Crippen molar-refractivity contribution < 1.29 is 22.8 Å². The number of hydrogen-bond acceptors (Lipinski definition) is 8. The molecule has 6 rings (SSSR count). The van der Waals surface area contributed by atoms with Gasteiger partial charge in [0, 0.05) is 12.3 Å². The zero-order valence-electron chi connectivity index (χ0n) is 31.3. The first-order valence-corrected chi connectivity index (χ1v) is 23.1. The van der Waals surface area contributed by atoms with Gasteiger partial charge in [-0.05, 0) is 50.8 Å². The summed E-state index contributed by atoms with van der Waals surface area (Å²) in [5.74, 6) is 0. The van der Waals surface area contributed by atoms with Crippen LogP contribution in [0.3, 0.4) is 0 Å². The molecule has 0 amide bonds. The second kappa shape index (κ2) is 15.3. The zero-order valence-corrected chi connectivity index (χ0v) is 34.2. The second-order valence-corrected chi connectivity index (χ2v) is 25.1. The summed E-state index contributed by atoms with van der Waals surface area (Å²) in [6.07, 6.45) is -2.40. The van der Waals surface area contributed by atoms with E-state index in [-0.39, 0.29) is 28.8 Å². The van der Waals surface area contributed by atoms with Gasteiger partial charge < -0.3 is 22.8 Å². The molecule has 1 N–H and O–H groups in total. The Bertz CT molecular complexity index is 1810. The Hall–Kier alpha value is -3.08. The van der Waals surface area contributed by atoms with Gasteiger partial charge in [0.15, 0.2) is 6.23 Å². The summed E-state index contributed by atoms with van der Waals surface area (Å²) in [5, 5.41) is 12.1. The molecule has 2 saturated heterocycles. The zero-order chi connectivity index (χ0) is 37.4. The molecule has 1 aromatic heterocycles. The Morgan fingerprint density at radius 2 is 1.17 bits per heavy atom. The lowest BCUT2D eigenvalue weighted by Crippen LogP contribution is -2.65. The van der Waals surface area contributed by atoms with Crippen molar-refractivity contribution in [2.45, 2.75) is 107 Å². The third-order valence-corrected chi connectivity index (χ3v) is 22.4. The van der Waals surface area contributed by atoms with E-state index in [0.29, 0.717) is 0 Å². The fourth-order valence-corrected chi connectivity index (χ4v) is 20.5. The van der Waals surface area contributed by atoms with E-state index < -0.39 is 57.7 Å². The lowest BCUT2D eigenvalue weighted by Gasteiger charge is -2.51. The van der Waals surface area contributed by atoms with Crippen LogP contribution in [0.4, 0.5) is 0 Å². The van der Waals surface area contributed by atoms with E-state index in [9.17, 15) is 14.7 Å². The average molecular weight is 761 g/mol. The first kappa shape index (κ1) is 38.6. The van der Waals surface area contributed by atoms with Crippen molar-refractivity contribution in [2.24, 2.45) is 0 Å². The van der Waals surface area contributed by atoms with Crippen molar-refractivity contribution in [3.63, 3.8) is 0 Å². The van der Waals surface area contributed by atoms with Gasteiger partial charge >= 0.3 is 22.8 Å². The summed E-state index contributed by atoms with van der Waals surface area (Å²) in [6, 6.07) is 31.0. The van der Waals surface area contributed by atoms with Crippen LogP contribution in [0.25, 0.3) is 0 Å². The molecular weight excluding hydrogens is 709 g/mol. The molecule has 0 aliphatic carbocycles. The Morgan fingerprint density at radius 3 is 1.62 bits per heavy atom. The van der Waals surface area contributed by atoms with Crippen molar-refractivity contribution in [3.8, 4) is 0 Å². The molecule has 12 heteroatoms. The van der Waals surface area contributed by atoms with E-state index >= 15 is 0 Å². The van der Waals surface area contributed by atoms with Crippen LogP contribution in [0.2, 0.25) is 22.2 Å². The Balaban J connectivity index is 1.46. The van der Waals surface area contributed by atoms with Gasteiger partial charge in [0.2, 0.25) is 0 Å². The van der Waals surface area contributed by atoms with Crippen molar-refractivity contribution in [3.05, 3.63) is 141 Å². The van der Waals surface area contributed by atoms with Gasteiger partial charge in [0.25, 0.3) is 5.56 Å². The van der Waals surface area contributed by atoms with Crippen molar-refractivity contribution in [2.75, 3.05) is 6.61 Å². The maximum atomic E-state index is 14.7. The van der Waals surface area contributed by atoms with Gasteiger partial charge in [-0.2, -0.15) is 3.97 Å². The van der Waals surface area contributed by atoms with E-state index in [1.807, 2.05) is 91.0 Å². The molecule has 0 spiro atoms.